The Balaban J connectivity index is 2.12. The van der Waals surface area contributed by atoms with Gasteiger partial charge in [0, 0.05) is 17.5 Å². The highest BCUT2D eigenvalue weighted by Crippen LogP contribution is 2.47. The van der Waals surface area contributed by atoms with Crippen molar-refractivity contribution < 1.29 is 9.47 Å². The second-order valence-electron chi connectivity index (χ2n) is 6.75. The SMILES string of the molecule is CC(C)c1c(C2(CN)CCCCC2)ccc2c1OCCO2. The highest BCUT2D eigenvalue weighted by atomic mass is 16.6. The van der Waals surface area contributed by atoms with Gasteiger partial charge in [0.25, 0.3) is 0 Å². The molecule has 3 rings (SSSR count). The standard InChI is InChI=1S/C18H27NO2/c1-13(2)16-14(18(12-19)8-4-3-5-9-18)6-7-15-17(16)21-11-10-20-15/h6-7,13H,3-5,8-12,19H2,1-2H3. The molecular formula is C18H27NO2. The van der Waals surface area contributed by atoms with Gasteiger partial charge in [0.2, 0.25) is 0 Å². The van der Waals surface area contributed by atoms with Gasteiger partial charge in [-0.3, -0.25) is 0 Å². The lowest BCUT2D eigenvalue weighted by Crippen LogP contribution is -2.38. The summed E-state index contributed by atoms with van der Waals surface area (Å²) in [6, 6.07) is 4.34. The van der Waals surface area contributed by atoms with Crippen LogP contribution in [0.5, 0.6) is 11.5 Å². The van der Waals surface area contributed by atoms with Crippen molar-refractivity contribution in [1.29, 1.82) is 0 Å². The monoisotopic (exact) mass is 289 g/mol. The van der Waals surface area contributed by atoms with Crippen LogP contribution in [0, 0.1) is 0 Å². The molecule has 1 aromatic rings. The van der Waals surface area contributed by atoms with E-state index in [2.05, 4.69) is 26.0 Å². The van der Waals surface area contributed by atoms with Gasteiger partial charge in [0.05, 0.1) is 0 Å². The Morgan fingerprint density at radius 2 is 1.81 bits per heavy atom. The molecule has 1 aromatic carbocycles. The van der Waals surface area contributed by atoms with E-state index in [4.69, 9.17) is 15.2 Å². The molecule has 1 aliphatic carbocycles. The molecule has 0 aromatic heterocycles. The van der Waals surface area contributed by atoms with Gasteiger partial charge in [-0.15, -0.1) is 0 Å². The molecule has 1 saturated carbocycles. The van der Waals surface area contributed by atoms with Crippen LogP contribution in [0.3, 0.4) is 0 Å². The number of hydrogen-bond acceptors (Lipinski definition) is 3. The lowest BCUT2D eigenvalue weighted by atomic mass is 9.67. The maximum absolute atomic E-state index is 6.24. The van der Waals surface area contributed by atoms with Gasteiger partial charge in [0.1, 0.15) is 13.2 Å². The van der Waals surface area contributed by atoms with E-state index in [0.29, 0.717) is 19.1 Å². The van der Waals surface area contributed by atoms with Crippen LogP contribution >= 0.6 is 0 Å². The number of benzene rings is 1. The van der Waals surface area contributed by atoms with Crippen molar-refractivity contribution in [2.75, 3.05) is 19.8 Å². The molecule has 116 valence electrons. The number of hydrogen-bond donors (Lipinski definition) is 1. The minimum absolute atomic E-state index is 0.133. The second kappa shape index (κ2) is 5.88. The topological polar surface area (TPSA) is 44.5 Å². The molecule has 0 amide bonds. The molecule has 21 heavy (non-hydrogen) atoms. The highest BCUT2D eigenvalue weighted by Gasteiger charge is 2.37. The fourth-order valence-electron chi connectivity index (χ4n) is 3.99. The lowest BCUT2D eigenvalue weighted by Gasteiger charge is -2.40. The molecule has 1 heterocycles. The Hall–Kier alpha value is -1.22. The molecule has 2 N–H and O–H groups in total. The van der Waals surface area contributed by atoms with E-state index in [9.17, 15) is 0 Å². The van der Waals surface area contributed by atoms with E-state index in [-0.39, 0.29) is 5.41 Å². The van der Waals surface area contributed by atoms with E-state index in [1.165, 1.54) is 43.2 Å². The minimum Gasteiger partial charge on any atom is -0.486 e. The summed E-state index contributed by atoms with van der Waals surface area (Å²) >= 11 is 0. The molecule has 0 bridgehead atoms. The third kappa shape index (κ3) is 2.52. The number of rotatable bonds is 3. The van der Waals surface area contributed by atoms with Gasteiger partial charge in [-0.1, -0.05) is 39.2 Å². The summed E-state index contributed by atoms with van der Waals surface area (Å²) in [6.45, 7) is 6.50. The van der Waals surface area contributed by atoms with Crippen LogP contribution in [-0.4, -0.2) is 19.8 Å². The number of ether oxygens (including phenoxy) is 2. The summed E-state index contributed by atoms with van der Waals surface area (Å²) in [7, 11) is 0. The summed E-state index contributed by atoms with van der Waals surface area (Å²) in [5.41, 5.74) is 9.10. The molecule has 0 unspecified atom stereocenters. The maximum Gasteiger partial charge on any atom is 0.165 e. The Kier molecular flexibility index (Phi) is 4.12. The molecule has 2 aliphatic rings. The van der Waals surface area contributed by atoms with Gasteiger partial charge in [-0.05, 0) is 30.4 Å². The van der Waals surface area contributed by atoms with Crippen LogP contribution in [0.2, 0.25) is 0 Å². The van der Waals surface area contributed by atoms with Gasteiger partial charge in [-0.25, -0.2) is 0 Å². The van der Waals surface area contributed by atoms with Gasteiger partial charge in [0.15, 0.2) is 11.5 Å². The van der Waals surface area contributed by atoms with Crippen molar-refractivity contribution in [1.82, 2.24) is 0 Å². The van der Waals surface area contributed by atoms with Gasteiger partial charge >= 0.3 is 0 Å². The second-order valence-corrected chi connectivity index (χ2v) is 6.75. The van der Waals surface area contributed by atoms with Gasteiger partial charge in [-0.2, -0.15) is 0 Å². The Bertz CT molecular complexity index is 504. The van der Waals surface area contributed by atoms with E-state index in [1.54, 1.807) is 0 Å². The summed E-state index contributed by atoms with van der Waals surface area (Å²) in [5, 5.41) is 0. The minimum atomic E-state index is 0.133. The Morgan fingerprint density at radius 3 is 2.48 bits per heavy atom. The molecule has 3 nitrogen and oxygen atoms in total. The predicted octanol–water partition coefficient (Wildman–Crippen LogP) is 3.74. The molecule has 3 heteroatoms. The third-order valence-electron chi connectivity index (χ3n) is 5.10. The van der Waals surface area contributed by atoms with Crippen molar-refractivity contribution in [2.24, 2.45) is 5.73 Å². The molecule has 1 aliphatic heterocycles. The largest absolute Gasteiger partial charge is 0.486 e. The molecule has 0 radical (unpaired) electrons. The average molecular weight is 289 g/mol. The quantitative estimate of drug-likeness (QED) is 0.922. The first-order valence-corrected chi connectivity index (χ1v) is 8.31. The Labute approximate surface area is 127 Å². The number of fused-ring (bicyclic) bond motifs is 1. The molecule has 1 fully saturated rings. The zero-order valence-electron chi connectivity index (χ0n) is 13.3. The van der Waals surface area contributed by atoms with Crippen molar-refractivity contribution in [3.63, 3.8) is 0 Å². The normalized spacial score (nSPS) is 20.6. The summed E-state index contributed by atoms with van der Waals surface area (Å²) in [4.78, 5) is 0. The molecule has 0 atom stereocenters. The van der Waals surface area contributed by atoms with Crippen LogP contribution in [0.15, 0.2) is 12.1 Å². The van der Waals surface area contributed by atoms with E-state index in [0.717, 1.165) is 18.0 Å². The van der Waals surface area contributed by atoms with Crippen LogP contribution in [0.1, 0.15) is 63.0 Å². The number of nitrogens with two attached hydrogens (primary N) is 1. The fraction of sp³-hybridized carbons (Fsp3) is 0.667. The van der Waals surface area contributed by atoms with Crippen LogP contribution in [0.4, 0.5) is 0 Å². The van der Waals surface area contributed by atoms with Crippen LogP contribution in [0.25, 0.3) is 0 Å². The maximum atomic E-state index is 6.24. The average Bonchev–Trinajstić information content (AvgIpc) is 2.54. The summed E-state index contributed by atoms with van der Waals surface area (Å²) < 4.78 is 11.7. The third-order valence-corrected chi connectivity index (χ3v) is 5.10. The van der Waals surface area contributed by atoms with Gasteiger partial charge < -0.3 is 15.2 Å². The predicted molar refractivity (Wildman–Crippen MR) is 85.3 cm³/mol. The zero-order valence-corrected chi connectivity index (χ0v) is 13.3. The first-order valence-electron chi connectivity index (χ1n) is 8.31. The smallest absolute Gasteiger partial charge is 0.165 e. The Morgan fingerprint density at radius 1 is 1.10 bits per heavy atom. The fourth-order valence-corrected chi connectivity index (χ4v) is 3.99. The highest BCUT2D eigenvalue weighted by molar-refractivity contribution is 5.55. The lowest BCUT2D eigenvalue weighted by molar-refractivity contribution is 0.168. The molecule has 0 spiro atoms. The van der Waals surface area contributed by atoms with Crippen molar-refractivity contribution in [3.05, 3.63) is 23.3 Å². The summed E-state index contributed by atoms with van der Waals surface area (Å²) in [6.07, 6.45) is 6.29. The van der Waals surface area contributed by atoms with Crippen LogP contribution < -0.4 is 15.2 Å². The van der Waals surface area contributed by atoms with E-state index in [1.807, 2.05) is 0 Å². The first-order chi connectivity index (χ1) is 10.2. The van der Waals surface area contributed by atoms with Crippen LogP contribution in [-0.2, 0) is 5.41 Å². The van der Waals surface area contributed by atoms with Crippen molar-refractivity contribution >= 4 is 0 Å². The van der Waals surface area contributed by atoms with E-state index < -0.39 is 0 Å². The molecular weight excluding hydrogens is 262 g/mol. The van der Waals surface area contributed by atoms with E-state index >= 15 is 0 Å². The molecule has 0 saturated heterocycles. The first kappa shape index (κ1) is 14.7. The zero-order chi connectivity index (χ0) is 14.9. The van der Waals surface area contributed by atoms with Crippen molar-refractivity contribution in [3.8, 4) is 11.5 Å². The summed E-state index contributed by atoms with van der Waals surface area (Å²) in [5.74, 6) is 2.28. The van der Waals surface area contributed by atoms with Crippen molar-refractivity contribution in [2.45, 2.75) is 57.3 Å².